The summed E-state index contributed by atoms with van der Waals surface area (Å²) in [6, 6.07) is 0. The maximum Gasteiger partial charge on any atom is 0.178 e. The Balaban J connectivity index is 2.66. The van der Waals surface area contributed by atoms with Crippen molar-refractivity contribution < 1.29 is 0 Å². The molecule has 43 valence electrons. The molecule has 0 unspecified atom stereocenters. The summed E-state index contributed by atoms with van der Waals surface area (Å²) in [5.41, 5.74) is 0. The van der Waals surface area contributed by atoms with E-state index in [0.29, 0.717) is 5.16 Å². The van der Waals surface area contributed by atoms with Gasteiger partial charge in [0.15, 0.2) is 6.67 Å². The van der Waals surface area contributed by atoms with Gasteiger partial charge < -0.3 is 0 Å². The fourth-order valence-electron chi connectivity index (χ4n) is 0.328. The van der Waals surface area contributed by atoms with Gasteiger partial charge in [-0.1, -0.05) is 11.6 Å². The van der Waals surface area contributed by atoms with Crippen molar-refractivity contribution in [2.24, 2.45) is 4.99 Å². The lowest BCUT2D eigenvalue weighted by molar-refractivity contribution is 0.700. The van der Waals surface area contributed by atoms with E-state index in [2.05, 4.69) is 4.99 Å². The van der Waals surface area contributed by atoms with Crippen molar-refractivity contribution in [3.05, 3.63) is 17.9 Å². The van der Waals surface area contributed by atoms with E-state index in [4.69, 9.17) is 23.4 Å². The quantitative estimate of drug-likeness (QED) is 0.379. The number of rotatable bonds is 0. The maximum absolute atomic E-state index is 5.50. The van der Waals surface area contributed by atoms with Gasteiger partial charge in [0.2, 0.25) is 0 Å². The summed E-state index contributed by atoms with van der Waals surface area (Å²) >= 11 is 10.9. The first-order chi connectivity index (χ1) is 3.80. The van der Waals surface area contributed by atoms with Gasteiger partial charge in [-0.05, 0) is 6.08 Å². The highest BCUT2D eigenvalue weighted by molar-refractivity contribution is 6.34. The summed E-state index contributed by atoms with van der Waals surface area (Å²) in [6.45, 7) is 1.42. The molecule has 0 aromatic heterocycles. The number of hydrogen-bond donors (Lipinski definition) is 0. The van der Waals surface area contributed by atoms with Gasteiger partial charge >= 0.3 is 0 Å². The first kappa shape index (κ1) is 5.92. The minimum atomic E-state index is 0.460. The molecule has 2 nitrogen and oxygen atoms in total. The van der Waals surface area contributed by atoms with Crippen molar-refractivity contribution in [1.82, 2.24) is 4.42 Å². The Morgan fingerprint density at radius 1 is 1.62 bits per heavy atom. The first-order valence-electron chi connectivity index (χ1n) is 1.98. The minimum absolute atomic E-state index is 0.460. The molecule has 0 aliphatic carbocycles. The summed E-state index contributed by atoms with van der Waals surface area (Å²) in [5.74, 6) is 0. The number of halogens is 2. The molecule has 0 amide bonds. The Kier molecular flexibility index (Phi) is 1.76. The molecule has 1 aliphatic heterocycles. The van der Waals surface area contributed by atoms with E-state index in [1.165, 1.54) is 11.1 Å². The molecule has 1 rings (SSSR count). The van der Waals surface area contributed by atoms with Crippen molar-refractivity contribution in [3.8, 4) is 0 Å². The summed E-state index contributed by atoms with van der Waals surface area (Å²) in [5, 5.41) is 0.460. The molecule has 0 bridgehead atoms. The Morgan fingerprint density at radius 3 is 2.75 bits per heavy atom. The predicted molar refractivity (Wildman–Crippen MR) is 34.4 cm³/mol. The van der Waals surface area contributed by atoms with Crippen molar-refractivity contribution in [2.75, 3.05) is 0 Å². The average molecular weight is 150 g/mol. The van der Waals surface area contributed by atoms with Crippen molar-refractivity contribution in [2.45, 2.75) is 0 Å². The fraction of sp³-hybridized carbons (Fsp3) is 0. The zero-order valence-electron chi connectivity index (χ0n) is 3.88. The Labute approximate surface area is 57.5 Å². The lowest BCUT2D eigenvalue weighted by Gasteiger charge is -2.11. The zero-order chi connectivity index (χ0) is 5.98. The third-order valence-corrected chi connectivity index (χ3v) is 1.33. The van der Waals surface area contributed by atoms with Crippen LogP contribution in [0.4, 0.5) is 0 Å². The number of allylic oxidation sites excluding steroid dienone is 1. The van der Waals surface area contributed by atoms with E-state index in [1.807, 2.05) is 0 Å². The third-order valence-electron chi connectivity index (χ3n) is 0.670. The topological polar surface area (TPSA) is 15.6 Å². The van der Waals surface area contributed by atoms with Gasteiger partial charge in [-0.2, -0.15) is 0 Å². The van der Waals surface area contributed by atoms with Crippen LogP contribution in [0.3, 0.4) is 0 Å². The largest absolute Gasteiger partial charge is 0.262 e. The lowest BCUT2D eigenvalue weighted by atomic mass is 10.6. The standard InChI is InChI=1S/C4H3Cl2N2/c5-4-1-2-7-3-8(4)6/h1-3H. The third kappa shape index (κ3) is 1.14. The van der Waals surface area contributed by atoms with Crippen LogP contribution in [0.15, 0.2) is 16.2 Å². The number of hydrogen-bond acceptors (Lipinski definition) is 2. The van der Waals surface area contributed by atoms with Crippen molar-refractivity contribution in [3.63, 3.8) is 0 Å². The van der Waals surface area contributed by atoms with Crippen LogP contribution >= 0.6 is 23.4 Å². The number of aliphatic imine (C=N–C) groups is 1. The molecule has 0 N–H and O–H groups in total. The second-order valence-corrected chi connectivity index (χ2v) is 1.97. The van der Waals surface area contributed by atoms with Gasteiger partial charge in [-0.15, -0.1) is 0 Å². The van der Waals surface area contributed by atoms with Crippen LogP contribution in [-0.2, 0) is 0 Å². The number of nitrogens with zero attached hydrogens (tertiary/aromatic N) is 2. The molecule has 1 heterocycles. The highest BCUT2D eigenvalue weighted by Crippen LogP contribution is 2.16. The molecular formula is C4H3Cl2N2. The molecule has 0 saturated carbocycles. The van der Waals surface area contributed by atoms with Crippen LogP contribution in [0.25, 0.3) is 0 Å². The van der Waals surface area contributed by atoms with Crippen LogP contribution in [0.1, 0.15) is 0 Å². The molecule has 0 saturated heterocycles. The smallest absolute Gasteiger partial charge is 0.178 e. The fourth-order valence-corrected chi connectivity index (χ4v) is 0.535. The Hall–Kier alpha value is -0.210. The van der Waals surface area contributed by atoms with Crippen LogP contribution in [0.2, 0.25) is 0 Å². The predicted octanol–water partition coefficient (Wildman–Crippen LogP) is 1.73. The molecule has 4 heteroatoms. The Bertz CT molecular complexity index is 141. The molecule has 0 fully saturated rings. The maximum atomic E-state index is 5.50. The van der Waals surface area contributed by atoms with E-state index in [0.717, 1.165) is 0 Å². The van der Waals surface area contributed by atoms with E-state index in [1.54, 1.807) is 12.3 Å². The molecule has 1 radical (unpaired) electrons. The van der Waals surface area contributed by atoms with Crippen molar-refractivity contribution >= 4 is 29.6 Å². The summed E-state index contributed by atoms with van der Waals surface area (Å²) in [4.78, 5) is 3.69. The van der Waals surface area contributed by atoms with E-state index in [9.17, 15) is 0 Å². The normalized spacial score (nSPS) is 18.8. The van der Waals surface area contributed by atoms with E-state index in [-0.39, 0.29) is 0 Å². The van der Waals surface area contributed by atoms with Crippen molar-refractivity contribution in [1.29, 1.82) is 0 Å². The van der Waals surface area contributed by atoms with E-state index < -0.39 is 0 Å². The summed E-state index contributed by atoms with van der Waals surface area (Å²) in [6.07, 6.45) is 3.18. The van der Waals surface area contributed by atoms with Gasteiger partial charge in [-0.25, -0.2) is 4.42 Å². The van der Waals surface area contributed by atoms with Gasteiger partial charge in [0.1, 0.15) is 5.16 Å². The molecule has 1 aliphatic rings. The lowest BCUT2D eigenvalue weighted by Crippen LogP contribution is -2.05. The van der Waals surface area contributed by atoms with Gasteiger partial charge in [0, 0.05) is 18.0 Å². The molecule has 0 atom stereocenters. The average Bonchev–Trinajstić information content (AvgIpc) is 1.77. The molecular weight excluding hydrogens is 147 g/mol. The van der Waals surface area contributed by atoms with Crippen LogP contribution < -0.4 is 0 Å². The molecule has 0 spiro atoms. The second kappa shape index (κ2) is 2.37. The second-order valence-electron chi connectivity index (χ2n) is 1.21. The molecule has 0 aromatic rings. The highest BCUT2D eigenvalue weighted by atomic mass is 35.5. The molecule has 0 aromatic carbocycles. The SMILES string of the molecule is ClC1=CC=N[CH]N1Cl. The first-order valence-corrected chi connectivity index (χ1v) is 2.69. The van der Waals surface area contributed by atoms with E-state index >= 15 is 0 Å². The summed E-state index contributed by atoms with van der Waals surface area (Å²) in [7, 11) is 0. The van der Waals surface area contributed by atoms with Crippen LogP contribution in [-0.4, -0.2) is 10.6 Å². The van der Waals surface area contributed by atoms with Gasteiger partial charge in [-0.3, -0.25) is 4.99 Å². The molecule has 8 heavy (non-hydrogen) atoms. The minimum Gasteiger partial charge on any atom is -0.262 e. The monoisotopic (exact) mass is 149 g/mol. The highest BCUT2D eigenvalue weighted by Gasteiger charge is 2.03. The van der Waals surface area contributed by atoms with Crippen LogP contribution in [0.5, 0.6) is 0 Å². The van der Waals surface area contributed by atoms with Gasteiger partial charge in [0.05, 0.1) is 0 Å². The van der Waals surface area contributed by atoms with Gasteiger partial charge in [0.25, 0.3) is 0 Å². The zero-order valence-corrected chi connectivity index (χ0v) is 5.39. The Morgan fingerprint density at radius 2 is 2.38 bits per heavy atom. The van der Waals surface area contributed by atoms with Crippen LogP contribution in [0, 0.1) is 6.67 Å². The summed E-state index contributed by atoms with van der Waals surface area (Å²) < 4.78 is 1.21.